The van der Waals surface area contributed by atoms with E-state index in [4.69, 9.17) is 33.2 Å². The van der Waals surface area contributed by atoms with Crippen LogP contribution in [-0.2, 0) is 6.54 Å². The maximum atomic E-state index is 6.24. The fourth-order valence-electron chi connectivity index (χ4n) is 6.59. The van der Waals surface area contributed by atoms with E-state index < -0.39 is 0 Å². The first-order chi connectivity index (χ1) is 22.0. The van der Waals surface area contributed by atoms with E-state index in [1.54, 1.807) is 0 Å². The van der Waals surface area contributed by atoms with Gasteiger partial charge in [-0.3, -0.25) is 14.8 Å². The first kappa shape index (κ1) is 29.9. The lowest BCUT2D eigenvalue weighted by atomic mass is 9.96. The molecule has 228 valence electrons. The molecule has 5 aromatic rings. The molecule has 1 saturated heterocycles. The molecule has 0 N–H and O–H groups in total. The molecule has 0 saturated carbocycles. The Morgan fingerprint density at radius 1 is 0.778 bits per heavy atom. The minimum absolute atomic E-state index is 0.135. The van der Waals surface area contributed by atoms with E-state index in [9.17, 15) is 0 Å². The summed E-state index contributed by atoms with van der Waals surface area (Å²) in [4.78, 5) is 22.1. The lowest BCUT2D eigenvalue weighted by Gasteiger charge is -2.39. The summed E-state index contributed by atoms with van der Waals surface area (Å²) in [5.41, 5.74) is 5.85. The summed E-state index contributed by atoms with van der Waals surface area (Å²) in [5, 5.41) is 2.58. The number of hydrogen-bond donors (Lipinski definition) is 0. The van der Waals surface area contributed by atoms with Crippen molar-refractivity contribution >= 4 is 51.8 Å². The number of fused-ring (bicyclic) bond motifs is 2. The number of hydrogen-bond acceptors (Lipinski definition) is 6. The van der Waals surface area contributed by atoms with Gasteiger partial charge in [0, 0.05) is 67.3 Å². The lowest BCUT2D eigenvalue weighted by molar-refractivity contribution is 0.103. The molecule has 1 aromatic heterocycles. The maximum Gasteiger partial charge on any atom is 0.145 e. The second-order valence-corrected chi connectivity index (χ2v) is 12.8. The van der Waals surface area contributed by atoms with Gasteiger partial charge in [0.05, 0.1) is 23.8 Å². The predicted molar refractivity (Wildman–Crippen MR) is 186 cm³/mol. The average Bonchev–Trinajstić information content (AvgIpc) is 3.49. The molecular weight excluding hydrogens is 599 g/mol. The Bertz CT molecular complexity index is 1750. The predicted octanol–water partition coefficient (Wildman–Crippen LogP) is 8.17. The number of nitrogens with zero attached hydrogens (tertiary/aromatic N) is 6. The molecule has 4 aromatic carbocycles. The van der Waals surface area contributed by atoms with Gasteiger partial charge >= 0.3 is 0 Å². The number of anilines is 1. The highest BCUT2D eigenvalue weighted by Gasteiger charge is 2.27. The molecule has 6 nitrogen and oxygen atoms in total. The van der Waals surface area contributed by atoms with Gasteiger partial charge in [-0.2, -0.15) is 0 Å². The molecule has 0 spiro atoms. The van der Waals surface area contributed by atoms with Crippen LogP contribution in [0.1, 0.15) is 40.9 Å². The minimum atomic E-state index is 0.135. The number of aliphatic imine (C=N–C) groups is 1. The first-order valence-corrected chi connectivity index (χ1v) is 16.3. The minimum Gasteiger partial charge on any atom is -0.359 e. The van der Waals surface area contributed by atoms with E-state index in [0.29, 0.717) is 12.5 Å². The van der Waals surface area contributed by atoms with Crippen LogP contribution in [0.4, 0.5) is 11.5 Å². The molecule has 7 rings (SSSR count). The van der Waals surface area contributed by atoms with Crippen LogP contribution in [0.15, 0.2) is 102 Å². The van der Waals surface area contributed by atoms with E-state index in [1.807, 2.05) is 24.3 Å². The lowest BCUT2D eigenvalue weighted by Crippen LogP contribution is -2.47. The van der Waals surface area contributed by atoms with Crippen molar-refractivity contribution in [2.24, 2.45) is 4.99 Å². The highest BCUT2D eigenvalue weighted by Crippen LogP contribution is 2.35. The zero-order valence-electron chi connectivity index (χ0n) is 25.4. The van der Waals surface area contributed by atoms with Gasteiger partial charge in [-0.1, -0.05) is 77.8 Å². The molecule has 0 bridgehead atoms. The third-order valence-electron chi connectivity index (χ3n) is 9.00. The topological polar surface area (TPSA) is 47.9 Å². The Labute approximate surface area is 275 Å². The molecule has 1 fully saturated rings. The van der Waals surface area contributed by atoms with Gasteiger partial charge in [-0.25, -0.2) is 9.97 Å². The monoisotopic (exact) mass is 634 g/mol. The van der Waals surface area contributed by atoms with Crippen LogP contribution in [0.5, 0.6) is 0 Å². The fraction of sp³-hybridized carbons (Fsp3) is 0.270. The Kier molecular flexibility index (Phi) is 8.81. The number of rotatable bonds is 9. The molecule has 3 heterocycles. The van der Waals surface area contributed by atoms with Gasteiger partial charge in [0.25, 0.3) is 0 Å². The smallest absolute Gasteiger partial charge is 0.145 e. The van der Waals surface area contributed by atoms with Crippen molar-refractivity contribution in [2.75, 3.05) is 44.7 Å². The Hall–Kier alpha value is -3.81. The van der Waals surface area contributed by atoms with Crippen LogP contribution in [0.2, 0.25) is 10.0 Å². The van der Waals surface area contributed by atoms with E-state index in [1.165, 1.54) is 16.7 Å². The highest BCUT2D eigenvalue weighted by molar-refractivity contribution is 6.30. The van der Waals surface area contributed by atoms with Crippen molar-refractivity contribution in [1.82, 2.24) is 19.8 Å². The third-order valence-corrected chi connectivity index (χ3v) is 9.51. The first-order valence-electron chi connectivity index (χ1n) is 15.6. The second kappa shape index (κ2) is 13.3. The number of para-hydroxylation sites is 2. The van der Waals surface area contributed by atoms with Crippen molar-refractivity contribution in [3.8, 4) is 0 Å². The molecule has 0 amide bonds. The van der Waals surface area contributed by atoms with Gasteiger partial charge in [-0.15, -0.1) is 0 Å². The average molecular weight is 636 g/mol. The number of halogens is 2. The van der Waals surface area contributed by atoms with Gasteiger partial charge < -0.3 is 4.90 Å². The molecule has 8 heteroatoms. The van der Waals surface area contributed by atoms with Crippen LogP contribution in [0.25, 0.3) is 10.9 Å². The van der Waals surface area contributed by atoms with E-state index in [2.05, 4.69) is 106 Å². The highest BCUT2D eigenvalue weighted by atomic mass is 35.5. The molecule has 45 heavy (non-hydrogen) atoms. The van der Waals surface area contributed by atoms with E-state index in [0.717, 1.165) is 77.4 Å². The SMILES string of the molecule is CN(CCC1C=Nc2ccccc21)c1nc(CN2CCN(C(c3ccc(Cl)cc3)c3ccc(Cl)cc3)CC2)nc2ccccc12. The number of benzene rings is 4. The standard InChI is InChI=1S/C37H36Cl2N6/c1-43(19-18-28-24-40-33-8-4-2-6-31(28)33)37-32-7-3-5-9-34(32)41-35(42-37)25-44-20-22-45(23-21-44)36(26-10-14-29(38)15-11-26)27-12-16-30(39)17-13-27/h2-17,24,28,36H,18-23,25H2,1H3. The normalized spacial score (nSPS) is 16.8. The zero-order chi connectivity index (χ0) is 30.8. The summed E-state index contributed by atoms with van der Waals surface area (Å²) < 4.78 is 0. The van der Waals surface area contributed by atoms with Crippen LogP contribution in [0.3, 0.4) is 0 Å². The fourth-order valence-corrected chi connectivity index (χ4v) is 6.84. The summed E-state index contributed by atoms with van der Waals surface area (Å²) in [7, 11) is 2.14. The molecular formula is C37H36Cl2N6. The van der Waals surface area contributed by atoms with Crippen molar-refractivity contribution in [3.63, 3.8) is 0 Å². The van der Waals surface area contributed by atoms with Gasteiger partial charge in [0.1, 0.15) is 11.6 Å². The quantitative estimate of drug-likeness (QED) is 0.164. The second-order valence-electron chi connectivity index (χ2n) is 12.0. The van der Waals surface area contributed by atoms with Gasteiger partial charge in [-0.05, 0) is 65.6 Å². The van der Waals surface area contributed by atoms with Crippen molar-refractivity contribution in [3.05, 3.63) is 130 Å². The van der Waals surface area contributed by atoms with Crippen molar-refractivity contribution < 1.29 is 0 Å². The molecule has 2 aliphatic heterocycles. The molecule has 1 unspecified atom stereocenters. The summed E-state index contributed by atoms with van der Waals surface area (Å²) in [6.45, 7) is 5.32. The van der Waals surface area contributed by atoms with Crippen LogP contribution in [0, 0.1) is 0 Å². The molecule has 2 aliphatic rings. The van der Waals surface area contributed by atoms with Gasteiger partial charge in [0.15, 0.2) is 0 Å². The van der Waals surface area contributed by atoms with Gasteiger partial charge in [0.2, 0.25) is 0 Å². The van der Waals surface area contributed by atoms with E-state index in [-0.39, 0.29) is 6.04 Å². The third kappa shape index (κ3) is 6.61. The van der Waals surface area contributed by atoms with Crippen LogP contribution >= 0.6 is 23.2 Å². The van der Waals surface area contributed by atoms with Crippen molar-refractivity contribution in [2.45, 2.75) is 24.9 Å². The Morgan fingerprint density at radius 3 is 2.13 bits per heavy atom. The summed E-state index contributed by atoms with van der Waals surface area (Å²) in [5.74, 6) is 2.18. The number of aromatic nitrogens is 2. The summed E-state index contributed by atoms with van der Waals surface area (Å²) in [6.07, 6.45) is 3.07. The van der Waals surface area contributed by atoms with Crippen LogP contribution in [-0.4, -0.2) is 65.8 Å². The largest absolute Gasteiger partial charge is 0.359 e. The van der Waals surface area contributed by atoms with E-state index >= 15 is 0 Å². The summed E-state index contributed by atoms with van der Waals surface area (Å²) >= 11 is 12.5. The summed E-state index contributed by atoms with van der Waals surface area (Å²) in [6, 6.07) is 33.3. The van der Waals surface area contributed by atoms with Crippen LogP contribution < -0.4 is 4.90 Å². The number of piperazine rings is 1. The molecule has 1 atom stereocenters. The Morgan fingerprint density at radius 2 is 1.42 bits per heavy atom. The molecule has 0 radical (unpaired) electrons. The maximum absolute atomic E-state index is 6.24. The molecule has 0 aliphatic carbocycles. The zero-order valence-corrected chi connectivity index (χ0v) is 26.9. The Balaban J connectivity index is 1.05. The van der Waals surface area contributed by atoms with Crippen molar-refractivity contribution in [1.29, 1.82) is 0 Å².